The molecule has 0 aliphatic heterocycles. The van der Waals surface area contributed by atoms with Crippen LogP contribution in [-0.2, 0) is 9.53 Å². The van der Waals surface area contributed by atoms with Gasteiger partial charge in [-0.25, -0.2) is 8.78 Å². The summed E-state index contributed by atoms with van der Waals surface area (Å²) in [6.07, 6.45) is 3.88. The van der Waals surface area contributed by atoms with Gasteiger partial charge >= 0.3 is 12.3 Å². The Morgan fingerprint density at radius 3 is 2.15 bits per heavy atom. The zero-order valence-corrected chi connectivity index (χ0v) is 12.0. The van der Waals surface area contributed by atoms with Crippen molar-refractivity contribution in [1.82, 2.24) is 0 Å². The average Bonchev–Trinajstić information content (AvgIpc) is 2.37. The fraction of sp³-hybridized carbons (Fsp3) is 0.929. The highest BCUT2D eigenvalue weighted by Gasteiger charge is 2.41. The number of carbonyl (C=O) groups is 1. The second-order valence-corrected chi connectivity index (χ2v) is 4.96. The first-order valence-corrected chi connectivity index (χ1v) is 7.15. The quantitative estimate of drug-likeness (QED) is 0.366. The van der Waals surface area contributed by atoms with Gasteiger partial charge in [0.05, 0.1) is 0 Å². The topological polar surface area (TPSA) is 26.3 Å². The third-order valence-corrected chi connectivity index (χ3v) is 2.94. The maximum absolute atomic E-state index is 12.5. The lowest BCUT2D eigenvalue weighted by Crippen LogP contribution is -2.33. The van der Waals surface area contributed by atoms with Gasteiger partial charge in [0, 0.05) is 6.42 Å². The van der Waals surface area contributed by atoms with Crippen LogP contribution in [0.5, 0.6) is 0 Å². The molecule has 0 aromatic heterocycles. The zero-order chi connectivity index (χ0) is 15.4. The van der Waals surface area contributed by atoms with Crippen LogP contribution < -0.4 is 0 Å². The van der Waals surface area contributed by atoms with Crippen molar-refractivity contribution in [3.63, 3.8) is 0 Å². The Kier molecular flexibility index (Phi) is 10.7. The molecule has 0 amide bonds. The summed E-state index contributed by atoms with van der Waals surface area (Å²) in [5.74, 6) is -4.50. The van der Waals surface area contributed by atoms with E-state index in [9.17, 15) is 22.4 Å². The lowest BCUT2D eigenvalue weighted by atomic mass is 10.1. The summed E-state index contributed by atoms with van der Waals surface area (Å²) in [6, 6.07) is 0. The minimum absolute atomic E-state index is 0.258. The molecular weight excluding hydrogens is 276 g/mol. The molecule has 0 heterocycles. The highest BCUT2D eigenvalue weighted by atomic mass is 19.3. The summed E-state index contributed by atoms with van der Waals surface area (Å²) in [4.78, 5) is 11.3. The van der Waals surface area contributed by atoms with Gasteiger partial charge in [-0.1, -0.05) is 45.4 Å². The first-order valence-electron chi connectivity index (χ1n) is 7.15. The standard InChI is InChI=1S/C14H24F4O2/c1-2-3-4-5-6-7-8-9-12(19)10-20-11-14(17,18)13(15)16/h13H,2-11H2,1H3. The molecule has 0 atom stereocenters. The summed E-state index contributed by atoms with van der Waals surface area (Å²) in [7, 11) is 0. The fourth-order valence-electron chi connectivity index (χ4n) is 1.72. The molecule has 0 spiro atoms. The number of Topliss-reactive ketones (excluding diaryl/α,β-unsaturated/α-hetero) is 1. The molecule has 6 heteroatoms. The van der Waals surface area contributed by atoms with E-state index in [2.05, 4.69) is 11.7 Å². The first kappa shape index (κ1) is 19.4. The number of carbonyl (C=O) groups excluding carboxylic acids is 1. The second-order valence-electron chi connectivity index (χ2n) is 4.96. The number of ether oxygens (including phenoxy) is 1. The number of unbranched alkanes of at least 4 members (excludes halogenated alkanes) is 6. The molecule has 120 valence electrons. The number of alkyl halides is 4. The van der Waals surface area contributed by atoms with Crippen molar-refractivity contribution < 1.29 is 27.1 Å². The minimum atomic E-state index is -4.18. The smallest absolute Gasteiger partial charge is 0.330 e. The summed E-state index contributed by atoms with van der Waals surface area (Å²) >= 11 is 0. The summed E-state index contributed by atoms with van der Waals surface area (Å²) < 4.78 is 52.9. The van der Waals surface area contributed by atoms with Crippen LogP contribution in [0.3, 0.4) is 0 Å². The summed E-state index contributed by atoms with van der Waals surface area (Å²) in [5, 5.41) is 0. The van der Waals surface area contributed by atoms with Crippen LogP contribution in [0, 0.1) is 0 Å². The molecule has 0 saturated heterocycles. The van der Waals surface area contributed by atoms with E-state index < -0.39 is 25.6 Å². The normalized spacial score (nSPS) is 12.1. The van der Waals surface area contributed by atoms with E-state index >= 15 is 0 Å². The highest BCUT2D eigenvalue weighted by Crippen LogP contribution is 2.22. The van der Waals surface area contributed by atoms with Crippen LogP contribution in [0.1, 0.15) is 58.3 Å². The molecule has 0 N–H and O–H groups in total. The lowest BCUT2D eigenvalue weighted by Gasteiger charge is -2.14. The van der Waals surface area contributed by atoms with Crippen LogP contribution in [0.25, 0.3) is 0 Å². The van der Waals surface area contributed by atoms with Crippen molar-refractivity contribution in [2.45, 2.75) is 70.6 Å². The Morgan fingerprint density at radius 1 is 1.05 bits per heavy atom. The van der Waals surface area contributed by atoms with Crippen molar-refractivity contribution in [3.8, 4) is 0 Å². The van der Waals surface area contributed by atoms with Gasteiger partial charge in [-0.15, -0.1) is 0 Å². The van der Waals surface area contributed by atoms with E-state index in [0.29, 0.717) is 6.42 Å². The maximum atomic E-state index is 12.5. The SMILES string of the molecule is CCCCCCCCCC(=O)COCC(F)(F)C(F)F. The number of halogens is 4. The molecule has 0 unspecified atom stereocenters. The molecule has 0 aliphatic rings. The van der Waals surface area contributed by atoms with E-state index in [0.717, 1.165) is 19.3 Å². The zero-order valence-electron chi connectivity index (χ0n) is 12.0. The Balaban J connectivity index is 3.46. The third kappa shape index (κ3) is 10.2. The lowest BCUT2D eigenvalue weighted by molar-refractivity contribution is -0.168. The number of rotatable bonds is 13. The van der Waals surface area contributed by atoms with Crippen molar-refractivity contribution in [3.05, 3.63) is 0 Å². The van der Waals surface area contributed by atoms with Crippen LogP contribution in [0.15, 0.2) is 0 Å². The van der Waals surface area contributed by atoms with Gasteiger partial charge in [-0.05, 0) is 6.42 Å². The number of ketones is 1. The predicted octanol–water partition coefficient (Wildman–Crippen LogP) is 4.61. The van der Waals surface area contributed by atoms with E-state index in [1.807, 2.05) is 0 Å². The molecule has 20 heavy (non-hydrogen) atoms. The van der Waals surface area contributed by atoms with Crippen LogP contribution in [0.2, 0.25) is 0 Å². The van der Waals surface area contributed by atoms with E-state index in [4.69, 9.17) is 0 Å². The summed E-state index contributed by atoms with van der Waals surface area (Å²) in [6.45, 7) is 0.210. The van der Waals surface area contributed by atoms with Crippen LogP contribution in [-0.4, -0.2) is 31.3 Å². The van der Waals surface area contributed by atoms with Crippen LogP contribution >= 0.6 is 0 Å². The van der Waals surface area contributed by atoms with Gasteiger partial charge in [-0.2, -0.15) is 8.78 Å². The molecule has 0 fully saturated rings. The van der Waals surface area contributed by atoms with Crippen LogP contribution in [0.4, 0.5) is 17.6 Å². The molecule has 0 aliphatic carbocycles. The molecule has 2 nitrogen and oxygen atoms in total. The molecule has 0 bridgehead atoms. The largest absolute Gasteiger partial charge is 0.367 e. The van der Waals surface area contributed by atoms with E-state index in [-0.39, 0.29) is 12.2 Å². The van der Waals surface area contributed by atoms with Gasteiger partial charge in [-0.3, -0.25) is 4.79 Å². The highest BCUT2D eigenvalue weighted by molar-refractivity contribution is 5.79. The van der Waals surface area contributed by atoms with Gasteiger partial charge in [0.1, 0.15) is 13.2 Å². The van der Waals surface area contributed by atoms with Gasteiger partial charge in [0.25, 0.3) is 0 Å². The summed E-state index contributed by atoms with van der Waals surface area (Å²) in [5.41, 5.74) is 0. The molecule has 0 aromatic rings. The minimum Gasteiger partial charge on any atom is -0.367 e. The predicted molar refractivity (Wildman–Crippen MR) is 69.4 cm³/mol. The Bertz CT molecular complexity index is 258. The molecule has 0 rings (SSSR count). The first-order chi connectivity index (χ1) is 9.40. The molecule has 0 aromatic carbocycles. The second kappa shape index (κ2) is 11.1. The molecular formula is C14H24F4O2. The van der Waals surface area contributed by atoms with Gasteiger partial charge in [0.2, 0.25) is 0 Å². The van der Waals surface area contributed by atoms with Crippen molar-refractivity contribution >= 4 is 5.78 Å². The van der Waals surface area contributed by atoms with Gasteiger partial charge in [0.15, 0.2) is 5.78 Å². The number of hydrogen-bond acceptors (Lipinski definition) is 2. The average molecular weight is 300 g/mol. The van der Waals surface area contributed by atoms with Crippen molar-refractivity contribution in [1.29, 1.82) is 0 Å². The van der Waals surface area contributed by atoms with Crippen molar-refractivity contribution in [2.24, 2.45) is 0 Å². The maximum Gasteiger partial charge on any atom is 0.330 e. The molecule has 0 saturated carbocycles. The van der Waals surface area contributed by atoms with E-state index in [1.54, 1.807) is 0 Å². The van der Waals surface area contributed by atoms with Gasteiger partial charge < -0.3 is 4.74 Å². The molecule has 0 radical (unpaired) electrons. The third-order valence-electron chi connectivity index (χ3n) is 2.94. The Labute approximate surface area is 117 Å². The van der Waals surface area contributed by atoms with E-state index in [1.165, 1.54) is 19.3 Å². The monoisotopic (exact) mass is 300 g/mol. The fourth-order valence-corrected chi connectivity index (χ4v) is 1.72. The Morgan fingerprint density at radius 2 is 1.60 bits per heavy atom. The Hall–Kier alpha value is -0.650. The number of hydrogen-bond donors (Lipinski definition) is 0. The van der Waals surface area contributed by atoms with Crippen molar-refractivity contribution in [2.75, 3.05) is 13.2 Å².